The molecular formula is C35H36N4O5. The Kier molecular flexibility index (Phi) is 7.16. The van der Waals surface area contributed by atoms with Crippen molar-refractivity contribution in [3.05, 3.63) is 76.6 Å². The number of nitrogens with one attached hydrogen (secondary N) is 2. The maximum atomic E-state index is 11.0. The molecule has 9 heteroatoms. The number of hydrogen-bond donors (Lipinski definition) is 3. The number of nitrogens with zero attached hydrogens (tertiary/aromatic N) is 2. The number of phenolic OH excluding ortho intramolecular Hbond substituents is 1. The number of phenols is 1. The van der Waals surface area contributed by atoms with Crippen molar-refractivity contribution in [3.63, 3.8) is 0 Å². The molecule has 0 aliphatic carbocycles. The lowest BCUT2D eigenvalue weighted by Crippen LogP contribution is -2.20. The molecule has 0 fully saturated rings. The van der Waals surface area contributed by atoms with Crippen molar-refractivity contribution in [1.29, 1.82) is 0 Å². The summed E-state index contributed by atoms with van der Waals surface area (Å²) in [4.78, 5) is 17.4. The number of benzene rings is 3. The van der Waals surface area contributed by atoms with E-state index in [0.717, 1.165) is 76.8 Å². The maximum Gasteiger partial charge on any atom is 0.203 e. The molecule has 0 saturated heterocycles. The van der Waals surface area contributed by atoms with Crippen molar-refractivity contribution in [3.8, 4) is 28.7 Å². The van der Waals surface area contributed by atoms with Gasteiger partial charge in [0.05, 0.1) is 51.3 Å². The number of fused-ring (bicyclic) bond motifs is 6. The molecule has 2 aliphatic heterocycles. The highest BCUT2D eigenvalue weighted by molar-refractivity contribution is 6.09. The fourth-order valence-corrected chi connectivity index (χ4v) is 6.81. The van der Waals surface area contributed by atoms with E-state index in [1.165, 1.54) is 29.0 Å². The van der Waals surface area contributed by atoms with Crippen molar-refractivity contribution in [2.45, 2.75) is 31.6 Å². The Hall–Kier alpha value is -4.92. The Morgan fingerprint density at radius 2 is 1.25 bits per heavy atom. The standard InChI is InChI=1S/C35H36N4O5/c1-41-21-5-7-23-25-9-11-36-29(33(25)38-27(23)17-21)13-19(20-15-31(40)35(44-4)32(16-20)43-3)14-30-34-26(10-12-37-30)24-8-6-22(42-2)18-28(24)39-34/h5-8,15-19,38-40H,9-14H2,1-4H3. The van der Waals surface area contributed by atoms with Gasteiger partial charge >= 0.3 is 0 Å². The molecule has 0 saturated carbocycles. The third-order valence-electron chi connectivity index (χ3n) is 8.97. The van der Waals surface area contributed by atoms with Gasteiger partial charge in [-0.15, -0.1) is 0 Å². The fraction of sp³-hybridized carbons (Fsp3) is 0.314. The van der Waals surface area contributed by atoms with Gasteiger partial charge in [0.25, 0.3) is 0 Å². The van der Waals surface area contributed by atoms with Crippen LogP contribution >= 0.6 is 0 Å². The van der Waals surface area contributed by atoms with Crippen molar-refractivity contribution in [1.82, 2.24) is 9.97 Å². The minimum atomic E-state index is -0.0583. The summed E-state index contributed by atoms with van der Waals surface area (Å²) in [7, 11) is 6.48. The van der Waals surface area contributed by atoms with Crippen LogP contribution in [0.3, 0.4) is 0 Å². The van der Waals surface area contributed by atoms with Crippen molar-refractivity contribution in [2.75, 3.05) is 41.5 Å². The van der Waals surface area contributed by atoms with Crippen LogP contribution in [0.15, 0.2) is 58.5 Å². The lowest BCUT2D eigenvalue weighted by Gasteiger charge is -2.24. The molecule has 3 aromatic carbocycles. The van der Waals surface area contributed by atoms with Gasteiger partial charge in [0, 0.05) is 47.0 Å². The molecule has 226 valence electrons. The SMILES string of the molecule is COc1ccc2c3c([nH]c2c1)C(CC(CC1=NCCc2c1[nH]c1cc(OC)ccc21)c1cc(O)c(OC)c(OC)c1)=NCC3. The second kappa shape index (κ2) is 11.3. The third-order valence-corrected chi connectivity index (χ3v) is 8.97. The van der Waals surface area contributed by atoms with Gasteiger partial charge < -0.3 is 34.0 Å². The number of ether oxygens (including phenoxy) is 4. The van der Waals surface area contributed by atoms with Crippen LogP contribution in [0.2, 0.25) is 0 Å². The van der Waals surface area contributed by atoms with Crippen LogP contribution in [-0.4, -0.2) is 68.0 Å². The van der Waals surface area contributed by atoms with Gasteiger partial charge in [0.2, 0.25) is 5.75 Å². The van der Waals surface area contributed by atoms with Crippen molar-refractivity contribution < 1.29 is 24.1 Å². The van der Waals surface area contributed by atoms with Crippen molar-refractivity contribution in [2.24, 2.45) is 9.98 Å². The number of H-pyrrole nitrogens is 2. The average Bonchev–Trinajstić information content (AvgIpc) is 3.62. The molecule has 0 radical (unpaired) electrons. The van der Waals surface area contributed by atoms with Gasteiger partial charge in [-0.2, -0.15) is 0 Å². The summed E-state index contributed by atoms with van der Waals surface area (Å²) in [6.07, 6.45) is 3.05. The lowest BCUT2D eigenvalue weighted by atomic mass is 9.84. The Morgan fingerprint density at radius 1 is 0.705 bits per heavy atom. The Labute approximate surface area is 255 Å². The first-order chi connectivity index (χ1) is 21.5. The van der Waals surface area contributed by atoms with E-state index in [0.29, 0.717) is 24.3 Å². The number of hydrogen-bond acceptors (Lipinski definition) is 7. The molecule has 0 amide bonds. The monoisotopic (exact) mass is 592 g/mol. The van der Waals surface area contributed by atoms with Crippen LogP contribution < -0.4 is 18.9 Å². The molecule has 0 atom stereocenters. The average molecular weight is 593 g/mol. The largest absolute Gasteiger partial charge is 0.504 e. The van der Waals surface area contributed by atoms with Crippen LogP contribution in [0.5, 0.6) is 28.7 Å². The number of aromatic nitrogens is 2. The smallest absolute Gasteiger partial charge is 0.203 e. The molecule has 9 nitrogen and oxygen atoms in total. The van der Waals surface area contributed by atoms with E-state index >= 15 is 0 Å². The summed E-state index contributed by atoms with van der Waals surface area (Å²) in [5.74, 6) is 2.42. The molecule has 0 spiro atoms. The second-order valence-electron chi connectivity index (χ2n) is 11.3. The molecule has 0 bridgehead atoms. The summed E-state index contributed by atoms with van der Waals surface area (Å²) < 4.78 is 22.1. The minimum absolute atomic E-state index is 0.0415. The quantitative estimate of drug-likeness (QED) is 0.185. The summed E-state index contributed by atoms with van der Waals surface area (Å²) in [5.41, 5.74) is 9.74. The number of rotatable bonds is 9. The van der Waals surface area contributed by atoms with Crippen LogP contribution in [0.25, 0.3) is 21.8 Å². The summed E-state index contributed by atoms with van der Waals surface area (Å²) in [5, 5.41) is 13.4. The Balaban J connectivity index is 1.30. The normalized spacial score (nSPS) is 14.3. The van der Waals surface area contributed by atoms with Crippen molar-refractivity contribution >= 4 is 33.2 Å². The highest BCUT2D eigenvalue weighted by atomic mass is 16.5. The first-order valence-electron chi connectivity index (χ1n) is 14.9. The van der Waals surface area contributed by atoms with Crippen LogP contribution in [0.4, 0.5) is 0 Å². The Bertz CT molecular complexity index is 1840. The first-order valence-corrected chi connectivity index (χ1v) is 14.9. The van der Waals surface area contributed by atoms with Crippen LogP contribution in [-0.2, 0) is 12.8 Å². The van der Waals surface area contributed by atoms with E-state index in [9.17, 15) is 5.11 Å². The van der Waals surface area contributed by atoms with E-state index in [2.05, 4.69) is 22.1 Å². The summed E-state index contributed by atoms with van der Waals surface area (Å²) in [6, 6.07) is 16.1. The molecule has 4 heterocycles. The number of aromatic hydroxyl groups is 1. The number of aromatic amines is 2. The zero-order valence-corrected chi connectivity index (χ0v) is 25.4. The predicted octanol–water partition coefficient (Wildman–Crippen LogP) is 6.34. The lowest BCUT2D eigenvalue weighted by molar-refractivity contribution is 0.332. The topological polar surface area (TPSA) is 113 Å². The Morgan fingerprint density at radius 3 is 1.73 bits per heavy atom. The molecule has 44 heavy (non-hydrogen) atoms. The molecule has 5 aromatic rings. The summed E-state index contributed by atoms with van der Waals surface area (Å²) in [6.45, 7) is 1.44. The highest BCUT2D eigenvalue weighted by Crippen LogP contribution is 2.42. The highest BCUT2D eigenvalue weighted by Gasteiger charge is 2.29. The molecule has 2 aromatic heterocycles. The van der Waals surface area contributed by atoms with E-state index in [4.69, 9.17) is 28.9 Å². The zero-order valence-electron chi connectivity index (χ0n) is 25.4. The van der Waals surface area contributed by atoms with Gasteiger partial charge in [-0.1, -0.05) is 0 Å². The van der Waals surface area contributed by atoms with Crippen LogP contribution in [0, 0.1) is 0 Å². The fourth-order valence-electron chi connectivity index (χ4n) is 6.81. The third kappa shape index (κ3) is 4.72. The van der Waals surface area contributed by atoms with E-state index in [1.54, 1.807) is 27.4 Å². The molecule has 0 unspecified atom stereocenters. The molecule has 3 N–H and O–H groups in total. The maximum absolute atomic E-state index is 11.0. The van der Waals surface area contributed by atoms with Gasteiger partial charge in [-0.3, -0.25) is 9.98 Å². The van der Waals surface area contributed by atoms with E-state index in [1.807, 2.05) is 30.3 Å². The molecule has 2 aliphatic rings. The molecular weight excluding hydrogens is 556 g/mol. The van der Waals surface area contributed by atoms with E-state index < -0.39 is 0 Å². The second-order valence-corrected chi connectivity index (χ2v) is 11.3. The van der Waals surface area contributed by atoms with Gasteiger partial charge in [0.1, 0.15) is 11.5 Å². The summed E-state index contributed by atoms with van der Waals surface area (Å²) >= 11 is 0. The van der Waals surface area contributed by atoms with Crippen LogP contribution in [0.1, 0.15) is 46.8 Å². The first kappa shape index (κ1) is 27.9. The number of aliphatic imine (C=N–C) groups is 2. The van der Waals surface area contributed by atoms with E-state index in [-0.39, 0.29) is 11.7 Å². The zero-order chi connectivity index (χ0) is 30.4. The number of methoxy groups -OCH3 is 4. The van der Waals surface area contributed by atoms with Gasteiger partial charge in [-0.25, -0.2) is 0 Å². The predicted molar refractivity (Wildman–Crippen MR) is 173 cm³/mol. The molecule has 7 rings (SSSR count). The van der Waals surface area contributed by atoms with Gasteiger partial charge in [0.15, 0.2) is 11.5 Å². The minimum Gasteiger partial charge on any atom is -0.504 e. The van der Waals surface area contributed by atoms with Gasteiger partial charge in [-0.05, 0) is 84.7 Å².